The largest absolute Gasteiger partial charge is 0.497 e. The van der Waals surface area contributed by atoms with Crippen LogP contribution in [0.25, 0.3) is 0 Å². The number of ether oxygens (including phenoxy) is 1. The summed E-state index contributed by atoms with van der Waals surface area (Å²) in [5.41, 5.74) is 1.77. The van der Waals surface area contributed by atoms with E-state index in [1.165, 1.54) is 0 Å². The van der Waals surface area contributed by atoms with E-state index in [1.54, 1.807) is 37.6 Å². The summed E-state index contributed by atoms with van der Waals surface area (Å²) in [6.45, 7) is 4.70. The van der Waals surface area contributed by atoms with E-state index in [9.17, 15) is 4.79 Å². The number of nitrogens with one attached hydrogen (secondary N) is 1. The molecule has 1 fully saturated rings. The monoisotopic (exact) mass is 404 g/mol. The van der Waals surface area contributed by atoms with Gasteiger partial charge in [0.05, 0.1) is 7.11 Å². The lowest BCUT2D eigenvalue weighted by Gasteiger charge is -2.35. The van der Waals surface area contributed by atoms with E-state index in [0.717, 1.165) is 22.9 Å². The summed E-state index contributed by atoms with van der Waals surface area (Å²) in [6.07, 6.45) is 1.80. The minimum Gasteiger partial charge on any atom is -0.497 e. The maximum Gasteiger partial charge on any atom is 0.253 e. The van der Waals surface area contributed by atoms with E-state index in [4.69, 9.17) is 4.74 Å². The van der Waals surface area contributed by atoms with Crippen LogP contribution < -0.4 is 15.0 Å². The predicted molar refractivity (Wildman–Crippen MR) is 115 cm³/mol. The van der Waals surface area contributed by atoms with Crippen molar-refractivity contribution in [3.8, 4) is 5.75 Å². The summed E-state index contributed by atoms with van der Waals surface area (Å²) in [5, 5.41) is 11.7. The van der Waals surface area contributed by atoms with E-state index in [-0.39, 0.29) is 5.91 Å². The number of rotatable bonds is 5. The fraction of sp³-hybridized carbons (Fsp3) is 0.273. The summed E-state index contributed by atoms with van der Waals surface area (Å²) in [5.74, 6) is 2.95. The molecule has 0 aliphatic carbocycles. The minimum absolute atomic E-state index is 0.0357. The molecule has 1 amide bonds. The zero-order valence-electron chi connectivity index (χ0n) is 17.1. The SMILES string of the molecule is COc1ccc(C(=O)N2CCN(c3ccc(Nc4ccc(C)cn4)nn3)CC2)cc1. The molecule has 1 aliphatic rings. The Kier molecular flexibility index (Phi) is 5.74. The molecule has 1 N–H and O–H groups in total. The Balaban J connectivity index is 1.33. The van der Waals surface area contributed by atoms with Crippen molar-refractivity contribution >= 4 is 23.4 Å². The standard InChI is InChI=1S/C22H24N6O2/c1-16-3-8-19(23-15-16)24-20-9-10-21(26-25-20)27-11-13-28(14-12-27)22(29)17-4-6-18(30-2)7-5-17/h3-10,15H,11-14H2,1-2H3,(H,23,24,25). The first-order valence-electron chi connectivity index (χ1n) is 9.84. The molecule has 0 radical (unpaired) electrons. The third-order valence-corrected chi connectivity index (χ3v) is 5.05. The maximum atomic E-state index is 12.7. The molecule has 2 aromatic heterocycles. The van der Waals surface area contributed by atoms with Crippen molar-refractivity contribution in [2.45, 2.75) is 6.92 Å². The zero-order valence-corrected chi connectivity index (χ0v) is 17.1. The number of methoxy groups -OCH3 is 1. The van der Waals surface area contributed by atoms with E-state index >= 15 is 0 Å². The summed E-state index contributed by atoms with van der Waals surface area (Å²) in [6, 6.07) is 14.9. The van der Waals surface area contributed by atoms with Crippen molar-refractivity contribution in [3.63, 3.8) is 0 Å². The Morgan fingerprint density at radius 1 is 0.933 bits per heavy atom. The van der Waals surface area contributed by atoms with Crippen molar-refractivity contribution in [3.05, 3.63) is 65.9 Å². The Bertz CT molecular complexity index is 982. The smallest absolute Gasteiger partial charge is 0.253 e. The van der Waals surface area contributed by atoms with E-state index in [1.807, 2.05) is 36.1 Å². The molecule has 1 saturated heterocycles. The van der Waals surface area contributed by atoms with Crippen molar-refractivity contribution in [1.29, 1.82) is 0 Å². The van der Waals surface area contributed by atoms with E-state index < -0.39 is 0 Å². The third kappa shape index (κ3) is 4.48. The summed E-state index contributed by atoms with van der Waals surface area (Å²) in [7, 11) is 1.61. The molecule has 0 atom stereocenters. The molecular weight excluding hydrogens is 380 g/mol. The molecule has 30 heavy (non-hydrogen) atoms. The van der Waals surface area contributed by atoms with Crippen LogP contribution in [-0.2, 0) is 0 Å². The Labute approximate surface area is 175 Å². The first-order chi connectivity index (χ1) is 14.6. The van der Waals surface area contributed by atoms with Gasteiger partial charge in [-0.05, 0) is 55.0 Å². The van der Waals surface area contributed by atoms with Crippen molar-refractivity contribution in [1.82, 2.24) is 20.1 Å². The van der Waals surface area contributed by atoms with Crippen LogP contribution in [0.15, 0.2) is 54.7 Å². The van der Waals surface area contributed by atoms with Crippen LogP contribution in [0.2, 0.25) is 0 Å². The lowest BCUT2D eigenvalue weighted by molar-refractivity contribution is 0.0746. The molecule has 1 aliphatic heterocycles. The topological polar surface area (TPSA) is 83.5 Å². The summed E-state index contributed by atoms with van der Waals surface area (Å²) < 4.78 is 5.15. The molecule has 3 heterocycles. The normalized spacial score (nSPS) is 13.8. The molecule has 0 saturated carbocycles. The van der Waals surface area contributed by atoms with Gasteiger partial charge in [0.2, 0.25) is 0 Å². The highest BCUT2D eigenvalue weighted by Gasteiger charge is 2.23. The highest BCUT2D eigenvalue weighted by Crippen LogP contribution is 2.18. The Hall–Kier alpha value is -3.68. The van der Waals surface area contributed by atoms with Gasteiger partial charge in [0.25, 0.3) is 5.91 Å². The molecule has 0 spiro atoms. The average molecular weight is 404 g/mol. The molecule has 1 aromatic carbocycles. The van der Waals surface area contributed by atoms with Crippen molar-refractivity contribution in [2.75, 3.05) is 43.5 Å². The minimum atomic E-state index is 0.0357. The Morgan fingerprint density at radius 3 is 2.27 bits per heavy atom. The zero-order chi connectivity index (χ0) is 20.9. The van der Waals surface area contributed by atoms with Crippen LogP contribution >= 0.6 is 0 Å². The fourth-order valence-corrected chi connectivity index (χ4v) is 3.29. The molecule has 8 nitrogen and oxygen atoms in total. The number of hydrogen-bond donors (Lipinski definition) is 1. The lowest BCUT2D eigenvalue weighted by atomic mass is 10.1. The molecule has 3 aromatic rings. The fourth-order valence-electron chi connectivity index (χ4n) is 3.29. The second-order valence-electron chi connectivity index (χ2n) is 7.13. The summed E-state index contributed by atoms with van der Waals surface area (Å²) in [4.78, 5) is 21.0. The number of amides is 1. The maximum absolute atomic E-state index is 12.7. The van der Waals surface area contributed by atoms with E-state index in [2.05, 4.69) is 25.4 Å². The number of aryl methyl sites for hydroxylation is 1. The van der Waals surface area contributed by atoms with Crippen LogP contribution in [0.1, 0.15) is 15.9 Å². The number of carbonyl (C=O) groups excluding carboxylic acids is 1. The predicted octanol–water partition coefficient (Wildman–Crippen LogP) is 2.89. The summed E-state index contributed by atoms with van der Waals surface area (Å²) >= 11 is 0. The highest BCUT2D eigenvalue weighted by molar-refractivity contribution is 5.94. The van der Waals surface area contributed by atoms with Crippen molar-refractivity contribution < 1.29 is 9.53 Å². The molecule has 4 rings (SSSR count). The lowest BCUT2D eigenvalue weighted by Crippen LogP contribution is -2.49. The number of anilines is 3. The van der Waals surface area contributed by atoms with Gasteiger partial charge in [-0.2, -0.15) is 0 Å². The number of nitrogens with zero attached hydrogens (tertiary/aromatic N) is 5. The Morgan fingerprint density at radius 2 is 1.67 bits per heavy atom. The van der Waals surface area contributed by atoms with Gasteiger partial charge in [0.15, 0.2) is 11.6 Å². The van der Waals surface area contributed by atoms with Crippen LogP contribution in [0, 0.1) is 6.92 Å². The molecule has 8 heteroatoms. The number of benzene rings is 1. The molecule has 154 valence electrons. The van der Waals surface area contributed by atoms with Crippen LogP contribution in [-0.4, -0.2) is 59.3 Å². The van der Waals surface area contributed by atoms with Crippen LogP contribution in [0.4, 0.5) is 17.5 Å². The second kappa shape index (κ2) is 8.77. The number of pyridine rings is 1. The quantitative estimate of drug-likeness (QED) is 0.700. The number of aromatic nitrogens is 3. The molecular formula is C22H24N6O2. The van der Waals surface area contributed by atoms with Crippen LogP contribution in [0.5, 0.6) is 5.75 Å². The highest BCUT2D eigenvalue weighted by atomic mass is 16.5. The molecule has 0 bridgehead atoms. The number of carbonyl (C=O) groups is 1. The number of piperazine rings is 1. The van der Waals surface area contributed by atoms with Gasteiger partial charge in [0, 0.05) is 37.9 Å². The number of hydrogen-bond acceptors (Lipinski definition) is 7. The van der Waals surface area contributed by atoms with Gasteiger partial charge in [-0.15, -0.1) is 10.2 Å². The first-order valence-corrected chi connectivity index (χ1v) is 9.84. The van der Waals surface area contributed by atoms with Crippen LogP contribution in [0.3, 0.4) is 0 Å². The average Bonchev–Trinajstić information content (AvgIpc) is 2.81. The second-order valence-corrected chi connectivity index (χ2v) is 7.13. The van der Waals surface area contributed by atoms with Gasteiger partial charge >= 0.3 is 0 Å². The molecule has 0 unspecified atom stereocenters. The third-order valence-electron chi connectivity index (χ3n) is 5.05. The van der Waals surface area contributed by atoms with Gasteiger partial charge in [-0.3, -0.25) is 4.79 Å². The first kappa shape index (κ1) is 19.6. The van der Waals surface area contributed by atoms with E-state index in [0.29, 0.717) is 37.6 Å². The van der Waals surface area contributed by atoms with Crippen molar-refractivity contribution in [2.24, 2.45) is 0 Å². The van der Waals surface area contributed by atoms with Gasteiger partial charge in [-0.1, -0.05) is 6.07 Å². The van der Waals surface area contributed by atoms with Gasteiger partial charge in [0.1, 0.15) is 11.6 Å². The van der Waals surface area contributed by atoms with Gasteiger partial charge < -0.3 is 19.9 Å². The van der Waals surface area contributed by atoms with Gasteiger partial charge in [-0.25, -0.2) is 4.98 Å².